The van der Waals surface area contributed by atoms with Gasteiger partial charge in [-0.1, -0.05) is 48.3 Å². The molecule has 33 heavy (non-hydrogen) atoms. The standard InChI is InChI=1S/C23H21ClF3N3O2S/c1-2-11-32-15-9-10-16(18(12-15)23(25,26)27)20-28-29-22(33-20)30(13-14-7-8-14)21(31)17-5-3-4-6-19(17)24/h2-6,9-10,12,14,17,19H,1,7-8,11,13H2. The molecule has 5 nitrogen and oxygen atoms in total. The number of carbonyl (C=O) groups excluding carboxylic acids is 1. The first kappa shape index (κ1) is 23.5. The highest BCUT2D eigenvalue weighted by Gasteiger charge is 2.37. The van der Waals surface area contributed by atoms with Gasteiger partial charge < -0.3 is 4.74 Å². The van der Waals surface area contributed by atoms with Crippen molar-refractivity contribution < 1.29 is 22.7 Å². The maximum atomic E-state index is 13.8. The molecule has 2 aliphatic carbocycles. The number of aromatic nitrogens is 2. The molecule has 1 saturated carbocycles. The van der Waals surface area contributed by atoms with Gasteiger partial charge in [-0.3, -0.25) is 9.69 Å². The molecule has 0 radical (unpaired) electrons. The van der Waals surface area contributed by atoms with Crippen LogP contribution in [0.4, 0.5) is 18.3 Å². The molecule has 0 aliphatic heterocycles. The lowest BCUT2D eigenvalue weighted by molar-refractivity contribution is -0.137. The van der Waals surface area contributed by atoms with Gasteiger partial charge in [0.05, 0.1) is 16.9 Å². The van der Waals surface area contributed by atoms with Crippen molar-refractivity contribution in [1.29, 1.82) is 0 Å². The van der Waals surface area contributed by atoms with Crippen LogP contribution in [0, 0.1) is 11.8 Å². The molecule has 2 aromatic rings. The zero-order valence-corrected chi connectivity index (χ0v) is 19.0. The van der Waals surface area contributed by atoms with E-state index >= 15 is 0 Å². The Hall–Kier alpha value is -2.65. The number of nitrogens with zero attached hydrogens (tertiary/aromatic N) is 3. The summed E-state index contributed by atoms with van der Waals surface area (Å²) in [4.78, 5) is 14.8. The number of anilines is 1. The molecule has 4 rings (SSSR count). The highest BCUT2D eigenvalue weighted by atomic mass is 35.5. The summed E-state index contributed by atoms with van der Waals surface area (Å²) in [6, 6.07) is 3.69. The van der Waals surface area contributed by atoms with Crippen molar-refractivity contribution in [2.45, 2.75) is 24.4 Å². The fourth-order valence-corrected chi connectivity index (χ4v) is 4.60. The molecule has 0 saturated heterocycles. The Kier molecular flexibility index (Phi) is 6.90. The third-order valence-electron chi connectivity index (χ3n) is 5.30. The minimum Gasteiger partial charge on any atom is -0.490 e. The van der Waals surface area contributed by atoms with E-state index in [-0.39, 0.29) is 34.0 Å². The second-order valence-corrected chi connectivity index (χ2v) is 9.29. The second kappa shape index (κ2) is 9.69. The minimum absolute atomic E-state index is 0.0719. The zero-order valence-electron chi connectivity index (χ0n) is 17.5. The molecule has 0 N–H and O–H groups in total. The molecular weight excluding hydrogens is 475 g/mol. The first-order valence-electron chi connectivity index (χ1n) is 10.4. The number of halogens is 4. The maximum absolute atomic E-state index is 13.8. The van der Waals surface area contributed by atoms with Crippen LogP contribution in [0.5, 0.6) is 5.75 Å². The van der Waals surface area contributed by atoms with E-state index in [1.165, 1.54) is 23.1 Å². The van der Waals surface area contributed by atoms with Gasteiger partial charge in [0.15, 0.2) is 0 Å². The Morgan fingerprint density at radius 3 is 2.70 bits per heavy atom. The van der Waals surface area contributed by atoms with Crippen molar-refractivity contribution in [2.24, 2.45) is 11.8 Å². The van der Waals surface area contributed by atoms with Gasteiger partial charge in [-0.05, 0) is 37.0 Å². The van der Waals surface area contributed by atoms with Crippen molar-refractivity contribution in [3.63, 3.8) is 0 Å². The quantitative estimate of drug-likeness (QED) is 0.339. The van der Waals surface area contributed by atoms with Crippen molar-refractivity contribution in [1.82, 2.24) is 10.2 Å². The Balaban J connectivity index is 1.66. The van der Waals surface area contributed by atoms with Gasteiger partial charge in [0, 0.05) is 12.1 Å². The molecular formula is C23H21ClF3N3O2S. The summed E-state index contributed by atoms with van der Waals surface area (Å²) in [5, 5.41) is 7.91. The van der Waals surface area contributed by atoms with Gasteiger partial charge >= 0.3 is 6.18 Å². The van der Waals surface area contributed by atoms with Crippen LogP contribution in [0.25, 0.3) is 10.6 Å². The number of rotatable bonds is 8. The predicted octanol–water partition coefficient (Wildman–Crippen LogP) is 5.88. The normalized spacial score (nSPS) is 20.0. The van der Waals surface area contributed by atoms with Crippen LogP contribution in [0.15, 0.2) is 55.2 Å². The van der Waals surface area contributed by atoms with Crippen LogP contribution in [-0.4, -0.2) is 34.6 Å². The van der Waals surface area contributed by atoms with Crippen LogP contribution >= 0.6 is 22.9 Å². The van der Waals surface area contributed by atoms with E-state index in [4.69, 9.17) is 16.3 Å². The van der Waals surface area contributed by atoms with Gasteiger partial charge in [0.2, 0.25) is 11.0 Å². The number of hydrogen-bond donors (Lipinski definition) is 0. The number of hydrogen-bond acceptors (Lipinski definition) is 5. The van der Waals surface area contributed by atoms with E-state index in [1.807, 2.05) is 0 Å². The van der Waals surface area contributed by atoms with Gasteiger partial charge in [-0.25, -0.2) is 0 Å². The van der Waals surface area contributed by atoms with Crippen LogP contribution in [0.2, 0.25) is 0 Å². The minimum atomic E-state index is -4.62. The summed E-state index contributed by atoms with van der Waals surface area (Å²) in [6.07, 6.45) is 5.80. The molecule has 1 aromatic heterocycles. The third-order valence-corrected chi connectivity index (χ3v) is 6.69. The average molecular weight is 496 g/mol. The van der Waals surface area contributed by atoms with Crippen LogP contribution < -0.4 is 9.64 Å². The maximum Gasteiger partial charge on any atom is 0.417 e. The SMILES string of the molecule is C=CCOc1ccc(-c2nnc(N(CC3CC3)C(=O)C3C=CC=CC3Cl)s2)c(C(F)(F)F)c1. The molecule has 2 unspecified atom stereocenters. The van der Waals surface area contributed by atoms with Crippen molar-refractivity contribution in [3.05, 3.63) is 60.7 Å². The number of benzene rings is 1. The lowest BCUT2D eigenvalue weighted by atomic mass is 9.98. The van der Waals surface area contributed by atoms with E-state index in [2.05, 4.69) is 16.8 Å². The van der Waals surface area contributed by atoms with Crippen LogP contribution in [0.3, 0.4) is 0 Å². The molecule has 1 heterocycles. The largest absolute Gasteiger partial charge is 0.490 e. The summed E-state index contributed by atoms with van der Waals surface area (Å²) in [6.45, 7) is 4.02. The monoisotopic (exact) mass is 495 g/mol. The number of alkyl halides is 4. The van der Waals surface area contributed by atoms with Crippen molar-refractivity contribution in [3.8, 4) is 16.3 Å². The number of amides is 1. The molecule has 2 atom stereocenters. The summed E-state index contributed by atoms with van der Waals surface area (Å²) in [7, 11) is 0. The lowest BCUT2D eigenvalue weighted by Gasteiger charge is -2.26. The van der Waals surface area contributed by atoms with Gasteiger partial charge in [-0.15, -0.1) is 21.8 Å². The zero-order chi connectivity index (χ0) is 23.6. The van der Waals surface area contributed by atoms with Crippen molar-refractivity contribution >= 4 is 34.0 Å². The molecule has 0 spiro atoms. The second-order valence-electron chi connectivity index (χ2n) is 7.83. The highest BCUT2D eigenvalue weighted by Crippen LogP contribution is 2.42. The summed E-state index contributed by atoms with van der Waals surface area (Å²) in [5.41, 5.74) is -1.00. The van der Waals surface area contributed by atoms with Gasteiger partial charge in [0.25, 0.3) is 0 Å². The highest BCUT2D eigenvalue weighted by molar-refractivity contribution is 7.18. The lowest BCUT2D eigenvalue weighted by Crippen LogP contribution is -2.40. The van der Waals surface area contributed by atoms with Gasteiger partial charge in [0.1, 0.15) is 17.4 Å². The third kappa shape index (κ3) is 5.47. The van der Waals surface area contributed by atoms with E-state index in [1.54, 1.807) is 24.3 Å². The van der Waals surface area contributed by atoms with Gasteiger partial charge in [-0.2, -0.15) is 13.2 Å². The number of ether oxygens (including phenoxy) is 1. The van der Waals surface area contributed by atoms with E-state index < -0.39 is 23.0 Å². The summed E-state index contributed by atoms with van der Waals surface area (Å²) >= 11 is 7.28. The Labute approximate surface area is 198 Å². The molecule has 2 aliphatic rings. The smallest absolute Gasteiger partial charge is 0.417 e. The van der Waals surface area contributed by atoms with Crippen LogP contribution in [-0.2, 0) is 11.0 Å². The molecule has 10 heteroatoms. The predicted molar refractivity (Wildman–Crippen MR) is 123 cm³/mol. The molecule has 1 aromatic carbocycles. The first-order chi connectivity index (χ1) is 15.8. The van der Waals surface area contributed by atoms with E-state index in [9.17, 15) is 18.0 Å². The number of carbonyl (C=O) groups is 1. The molecule has 174 valence electrons. The first-order valence-corrected chi connectivity index (χ1v) is 11.6. The van der Waals surface area contributed by atoms with Crippen LogP contribution in [0.1, 0.15) is 18.4 Å². The van der Waals surface area contributed by atoms with E-state index in [0.29, 0.717) is 12.5 Å². The molecule has 0 bridgehead atoms. The molecule has 1 fully saturated rings. The Morgan fingerprint density at radius 1 is 1.27 bits per heavy atom. The fourth-order valence-electron chi connectivity index (χ4n) is 3.42. The van der Waals surface area contributed by atoms with Crippen molar-refractivity contribution in [2.75, 3.05) is 18.1 Å². The summed E-state index contributed by atoms with van der Waals surface area (Å²) in [5.74, 6) is -0.402. The fraction of sp³-hybridized carbons (Fsp3) is 0.348. The molecule has 1 amide bonds. The summed E-state index contributed by atoms with van der Waals surface area (Å²) < 4.78 is 46.6. The Bertz CT molecular complexity index is 1090. The van der Waals surface area contributed by atoms with E-state index in [0.717, 1.165) is 30.2 Å². The number of allylic oxidation sites excluding steroid dienone is 3. The average Bonchev–Trinajstić information content (AvgIpc) is 3.49. The topological polar surface area (TPSA) is 55.3 Å². The Morgan fingerprint density at radius 2 is 2.03 bits per heavy atom.